The molecule has 0 aromatic carbocycles. The normalized spacial score (nSPS) is 15.2. The number of nitrogens with zero attached hydrogens (tertiary/aromatic N) is 3. The van der Waals surface area contributed by atoms with Gasteiger partial charge in [0.05, 0.1) is 19.1 Å². The topological polar surface area (TPSA) is 84.4 Å². The summed E-state index contributed by atoms with van der Waals surface area (Å²) in [6.07, 6.45) is 4.82. The molecule has 0 spiro atoms. The molecule has 1 saturated heterocycles. The fourth-order valence-corrected chi connectivity index (χ4v) is 3.15. The zero-order valence-electron chi connectivity index (χ0n) is 14.3. The first-order valence-corrected chi connectivity index (χ1v) is 8.72. The van der Waals surface area contributed by atoms with Gasteiger partial charge in [-0.1, -0.05) is 0 Å². The van der Waals surface area contributed by atoms with Crippen molar-refractivity contribution >= 4 is 11.7 Å². The molecule has 3 aromatic heterocycles. The molecule has 3 aromatic rings. The summed E-state index contributed by atoms with van der Waals surface area (Å²) in [6.45, 7) is 2.01. The molecule has 1 fully saturated rings. The molecule has 0 bridgehead atoms. The van der Waals surface area contributed by atoms with Crippen LogP contribution in [-0.4, -0.2) is 29.2 Å². The van der Waals surface area contributed by atoms with Crippen molar-refractivity contribution in [1.82, 2.24) is 15.5 Å². The Morgan fingerprint density at radius 3 is 2.54 bits per heavy atom. The average Bonchev–Trinajstić information content (AvgIpc) is 3.40. The van der Waals surface area contributed by atoms with Crippen LogP contribution in [0, 0.1) is 5.92 Å². The molecule has 1 aliphatic heterocycles. The van der Waals surface area contributed by atoms with Crippen LogP contribution >= 0.6 is 0 Å². The van der Waals surface area contributed by atoms with Crippen LogP contribution in [0.2, 0.25) is 0 Å². The first-order chi connectivity index (χ1) is 12.8. The lowest BCUT2D eigenvalue weighted by Gasteiger charge is -2.31. The van der Waals surface area contributed by atoms with Crippen molar-refractivity contribution in [3.8, 4) is 11.5 Å². The lowest BCUT2D eigenvalue weighted by Crippen LogP contribution is -2.40. The Morgan fingerprint density at radius 1 is 1.08 bits per heavy atom. The number of furan rings is 2. The van der Waals surface area contributed by atoms with Crippen molar-refractivity contribution in [1.29, 1.82) is 0 Å². The van der Waals surface area contributed by atoms with Crippen LogP contribution in [0.5, 0.6) is 0 Å². The maximum Gasteiger partial charge on any atom is 0.223 e. The molecule has 1 aliphatic rings. The number of rotatable bonds is 5. The van der Waals surface area contributed by atoms with Crippen LogP contribution in [0.1, 0.15) is 18.6 Å². The van der Waals surface area contributed by atoms with Crippen LogP contribution in [0.25, 0.3) is 11.5 Å². The summed E-state index contributed by atoms with van der Waals surface area (Å²) in [4.78, 5) is 14.5. The molecule has 134 valence electrons. The van der Waals surface area contributed by atoms with Gasteiger partial charge in [-0.2, -0.15) is 0 Å². The van der Waals surface area contributed by atoms with E-state index in [-0.39, 0.29) is 11.8 Å². The monoisotopic (exact) mass is 352 g/mol. The number of piperidine rings is 1. The molecular formula is C19H20N4O3. The number of hydrogen-bond donors (Lipinski definition) is 1. The summed E-state index contributed by atoms with van der Waals surface area (Å²) in [7, 11) is 0. The highest BCUT2D eigenvalue weighted by Crippen LogP contribution is 2.23. The summed E-state index contributed by atoms with van der Waals surface area (Å²) in [5, 5.41) is 11.5. The molecule has 0 unspecified atom stereocenters. The van der Waals surface area contributed by atoms with Crippen molar-refractivity contribution in [2.24, 2.45) is 5.92 Å². The number of aromatic nitrogens is 2. The quantitative estimate of drug-likeness (QED) is 0.760. The van der Waals surface area contributed by atoms with E-state index in [1.54, 1.807) is 12.5 Å². The predicted molar refractivity (Wildman–Crippen MR) is 95.2 cm³/mol. The third kappa shape index (κ3) is 3.61. The predicted octanol–water partition coefficient (Wildman–Crippen LogP) is 2.86. The Bertz CT molecular complexity index is 820. The Hall–Kier alpha value is -3.09. The van der Waals surface area contributed by atoms with Crippen molar-refractivity contribution in [2.75, 3.05) is 18.0 Å². The van der Waals surface area contributed by atoms with E-state index in [1.165, 1.54) is 0 Å². The van der Waals surface area contributed by atoms with Gasteiger partial charge in [0.25, 0.3) is 0 Å². The number of carbonyl (C=O) groups excluding carboxylic acids is 1. The molecular weight excluding hydrogens is 332 g/mol. The molecule has 4 rings (SSSR count). The van der Waals surface area contributed by atoms with Crippen LogP contribution in [0.15, 0.2) is 57.8 Å². The van der Waals surface area contributed by atoms with Gasteiger partial charge in [-0.25, -0.2) is 0 Å². The van der Waals surface area contributed by atoms with E-state index in [0.717, 1.165) is 37.5 Å². The highest BCUT2D eigenvalue weighted by molar-refractivity contribution is 5.78. The van der Waals surface area contributed by atoms with E-state index in [2.05, 4.69) is 20.4 Å². The Morgan fingerprint density at radius 2 is 1.88 bits per heavy atom. The fourth-order valence-electron chi connectivity index (χ4n) is 3.15. The Labute approximate surface area is 151 Å². The zero-order chi connectivity index (χ0) is 17.8. The SMILES string of the molecule is O=C(NCc1ccco1)C1CCN(c2ccc(-c3ccco3)nn2)CC1. The van der Waals surface area contributed by atoms with Gasteiger partial charge in [0.15, 0.2) is 11.6 Å². The second-order valence-corrected chi connectivity index (χ2v) is 6.31. The molecule has 0 saturated carbocycles. The average molecular weight is 352 g/mol. The smallest absolute Gasteiger partial charge is 0.223 e. The van der Waals surface area contributed by atoms with E-state index in [1.807, 2.05) is 36.4 Å². The first-order valence-electron chi connectivity index (χ1n) is 8.72. The van der Waals surface area contributed by atoms with Gasteiger partial charge in [0.2, 0.25) is 5.91 Å². The minimum Gasteiger partial charge on any atom is -0.467 e. The van der Waals surface area contributed by atoms with Gasteiger partial charge >= 0.3 is 0 Å². The van der Waals surface area contributed by atoms with E-state index >= 15 is 0 Å². The molecule has 1 amide bonds. The van der Waals surface area contributed by atoms with Crippen LogP contribution < -0.4 is 10.2 Å². The van der Waals surface area contributed by atoms with Gasteiger partial charge in [-0.15, -0.1) is 10.2 Å². The van der Waals surface area contributed by atoms with E-state index in [0.29, 0.717) is 18.0 Å². The van der Waals surface area contributed by atoms with Crippen molar-refractivity contribution in [3.05, 3.63) is 54.7 Å². The Balaban J connectivity index is 1.29. The highest BCUT2D eigenvalue weighted by atomic mass is 16.3. The molecule has 0 radical (unpaired) electrons. The highest BCUT2D eigenvalue weighted by Gasteiger charge is 2.25. The Kier molecular flexibility index (Phi) is 4.68. The number of carbonyl (C=O) groups is 1. The minimum atomic E-state index is 0.0246. The fraction of sp³-hybridized carbons (Fsp3) is 0.316. The van der Waals surface area contributed by atoms with Gasteiger partial charge in [0.1, 0.15) is 11.5 Å². The number of nitrogens with one attached hydrogen (secondary N) is 1. The maximum atomic E-state index is 12.3. The largest absolute Gasteiger partial charge is 0.467 e. The van der Waals surface area contributed by atoms with Crippen LogP contribution in [-0.2, 0) is 11.3 Å². The maximum absolute atomic E-state index is 12.3. The first kappa shape index (κ1) is 16.4. The lowest BCUT2D eigenvalue weighted by atomic mass is 9.96. The lowest BCUT2D eigenvalue weighted by molar-refractivity contribution is -0.125. The van der Waals surface area contributed by atoms with Gasteiger partial charge in [0, 0.05) is 19.0 Å². The summed E-state index contributed by atoms with van der Waals surface area (Å²) in [5.74, 6) is 2.41. The van der Waals surface area contributed by atoms with Crippen molar-refractivity contribution in [3.63, 3.8) is 0 Å². The molecule has 4 heterocycles. The van der Waals surface area contributed by atoms with Crippen LogP contribution in [0.3, 0.4) is 0 Å². The van der Waals surface area contributed by atoms with Gasteiger partial charge in [-0.05, 0) is 49.2 Å². The molecule has 26 heavy (non-hydrogen) atoms. The van der Waals surface area contributed by atoms with Crippen molar-refractivity contribution < 1.29 is 13.6 Å². The van der Waals surface area contributed by atoms with Crippen molar-refractivity contribution in [2.45, 2.75) is 19.4 Å². The number of anilines is 1. The summed E-state index contributed by atoms with van der Waals surface area (Å²) in [6, 6.07) is 11.2. The van der Waals surface area contributed by atoms with E-state index < -0.39 is 0 Å². The molecule has 7 nitrogen and oxygen atoms in total. The van der Waals surface area contributed by atoms with E-state index in [9.17, 15) is 4.79 Å². The molecule has 1 N–H and O–H groups in total. The zero-order valence-corrected chi connectivity index (χ0v) is 14.3. The number of hydrogen-bond acceptors (Lipinski definition) is 6. The molecule has 0 aliphatic carbocycles. The third-order valence-electron chi connectivity index (χ3n) is 4.63. The standard InChI is InChI=1S/C19H20N4O3/c24-19(20-13-15-3-1-11-25-15)14-7-9-23(10-8-14)18-6-5-16(21-22-18)17-4-2-12-26-17/h1-6,11-12,14H,7-10,13H2,(H,20,24). The number of amides is 1. The summed E-state index contributed by atoms with van der Waals surface area (Å²) in [5.41, 5.74) is 0.714. The third-order valence-corrected chi connectivity index (χ3v) is 4.63. The molecule has 0 atom stereocenters. The summed E-state index contributed by atoms with van der Waals surface area (Å²) < 4.78 is 10.6. The minimum absolute atomic E-state index is 0.0246. The van der Waals surface area contributed by atoms with Gasteiger partial charge < -0.3 is 19.1 Å². The van der Waals surface area contributed by atoms with Gasteiger partial charge in [-0.3, -0.25) is 4.79 Å². The second kappa shape index (κ2) is 7.43. The summed E-state index contributed by atoms with van der Waals surface area (Å²) >= 11 is 0. The van der Waals surface area contributed by atoms with Crippen LogP contribution in [0.4, 0.5) is 5.82 Å². The van der Waals surface area contributed by atoms with E-state index in [4.69, 9.17) is 8.83 Å². The molecule has 7 heteroatoms. The second-order valence-electron chi connectivity index (χ2n) is 6.31.